The fraction of sp³-hybridized carbons (Fsp3) is 0.263. The largest absolute Gasteiger partial charge is 0.288 e. The number of thiocarbonyl (C=S) groups is 1. The fourth-order valence-electron chi connectivity index (χ4n) is 2.96. The molecule has 0 N–H and O–H groups in total. The summed E-state index contributed by atoms with van der Waals surface area (Å²) in [6, 6.07) is 11.2. The Morgan fingerprint density at radius 2 is 1.92 bits per heavy atom. The van der Waals surface area contributed by atoms with Crippen molar-refractivity contribution in [2.45, 2.75) is 33.2 Å². The molecule has 2 heterocycles. The first-order valence-electron chi connectivity index (χ1n) is 7.89. The average Bonchev–Trinajstić information content (AvgIpc) is 2.72. The van der Waals surface area contributed by atoms with Crippen LogP contribution in [0.4, 0.5) is 11.5 Å². The van der Waals surface area contributed by atoms with E-state index in [2.05, 4.69) is 11.1 Å². The predicted molar refractivity (Wildman–Crippen MR) is 102 cm³/mol. The zero-order valence-corrected chi connectivity index (χ0v) is 15.4. The van der Waals surface area contributed by atoms with Crippen LogP contribution in [0, 0.1) is 25.2 Å². The third-order valence-electron chi connectivity index (χ3n) is 4.39. The van der Waals surface area contributed by atoms with Gasteiger partial charge in [-0.2, -0.15) is 5.26 Å². The van der Waals surface area contributed by atoms with E-state index in [0.717, 1.165) is 11.1 Å². The van der Waals surface area contributed by atoms with Gasteiger partial charge in [0.25, 0.3) is 5.91 Å². The van der Waals surface area contributed by atoms with Gasteiger partial charge in [-0.15, -0.1) is 0 Å². The second-order valence-corrected chi connectivity index (χ2v) is 6.99. The topological polar surface area (TPSA) is 60.2 Å². The standard InChI is InChI=1S/C19H18N4OS/c1-12-7-8-21-16(9-12)23-18(25)22(17(24)19(23,3)4)15-6-5-14(11-20)13(2)10-15/h5-10H,1-4H3. The van der Waals surface area contributed by atoms with Gasteiger partial charge in [0.05, 0.1) is 17.3 Å². The minimum absolute atomic E-state index is 0.120. The number of hydrogen-bond acceptors (Lipinski definition) is 4. The smallest absolute Gasteiger partial charge is 0.259 e. The van der Waals surface area contributed by atoms with Crippen LogP contribution in [-0.2, 0) is 4.79 Å². The summed E-state index contributed by atoms with van der Waals surface area (Å²) in [6.07, 6.45) is 1.71. The highest BCUT2D eigenvalue weighted by molar-refractivity contribution is 7.81. The van der Waals surface area contributed by atoms with Crippen molar-refractivity contribution >= 4 is 34.7 Å². The number of carbonyl (C=O) groups is 1. The number of benzene rings is 1. The van der Waals surface area contributed by atoms with Gasteiger partial charge in [-0.05, 0) is 81.4 Å². The van der Waals surface area contributed by atoms with Gasteiger partial charge in [-0.3, -0.25) is 14.6 Å². The van der Waals surface area contributed by atoms with Gasteiger partial charge in [-0.25, -0.2) is 4.98 Å². The van der Waals surface area contributed by atoms with Crippen LogP contribution >= 0.6 is 12.2 Å². The molecule has 3 rings (SSSR count). The normalized spacial score (nSPS) is 16.3. The van der Waals surface area contributed by atoms with E-state index >= 15 is 0 Å². The first-order chi connectivity index (χ1) is 11.8. The second kappa shape index (κ2) is 5.94. The lowest BCUT2D eigenvalue weighted by Gasteiger charge is -2.28. The van der Waals surface area contributed by atoms with Gasteiger partial charge in [-0.1, -0.05) is 0 Å². The Hall–Kier alpha value is -2.78. The molecule has 25 heavy (non-hydrogen) atoms. The minimum atomic E-state index is -0.848. The van der Waals surface area contributed by atoms with Gasteiger partial charge >= 0.3 is 0 Å². The van der Waals surface area contributed by atoms with Crippen LogP contribution in [0.15, 0.2) is 36.5 Å². The minimum Gasteiger partial charge on any atom is -0.288 e. The number of hydrogen-bond donors (Lipinski definition) is 0. The maximum atomic E-state index is 13.1. The molecule has 0 atom stereocenters. The van der Waals surface area contributed by atoms with Gasteiger partial charge in [0.15, 0.2) is 5.11 Å². The maximum absolute atomic E-state index is 13.1. The SMILES string of the molecule is Cc1ccnc(N2C(=S)N(c3ccc(C#N)c(C)c3)C(=O)C2(C)C)c1. The van der Waals surface area contributed by atoms with Crippen LogP contribution in [-0.4, -0.2) is 21.5 Å². The number of nitrogens with zero attached hydrogens (tertiary/aromatic N) is 4. The zero-order chi connectivity index (χ0) is 18.4. The van der Waals surface area contributed by atoms with Crippen LogP contribution in [0.3, 0.4) is 0 Å². The van der Waals surface area contributed by atoms with E-state index in [1.807, 2.05) is 45.9 Å². The zero-order valence-electron chi connectivity index (χ0n) is 14.6. The van der Waals surface area contributed by atoms with Crippen molar-refractivity contribution in [2.75, 3.05) is 9.80 Å². The molecule has 0 aliphatic carbocycles. The number of aryl methyl sites for hydroxylation is 2. The molecule has 0 spiro atoms. The molecule has 5 nitrogen and oxygen atoms in total. The number of aromatic nitrogens is 1. The summed E-state index contributed by atoms with van der Waals surface area (Å²) in [5.74, 6) is 0.529. The third kappa shape index (κ3) is 2.67. The first-order valence-corrected chi connectivity index (χ1v) is 8.30. The summed E-state index contributed by atoms with van der Waals surface area (Å²) in [4.78, 5) is 20.8. The van der Waals surface area contributed by atoms with Crippen molar-refractivity contribution in [3.8, 4) is 6.07 Å². The van der Waals surface area contributed by atoms with E-state index < -0.39 is 5.54 Å². The predicted octanol–water partition coefficient (Wildman–Crippen LogP) is 3.49. The molecule has 2 aromatic rings. The number of pyridine rings is 1. The Kier molecular flexibility index (Phi) is 4.05. The van der Waals surface area contributed by atoms with E-state index in [0.29, 0.717) is 22.2 Å². The Morgan fingerprint density at radius 3 is 2.52 bits per heavy atom. The van der Waals surface area contributed by atoms with Crippen molar-refractivity contribution in [2.24, 2.45) is 0 Å². The number of amides is 1. The molecule has 1 amide bonds. The molecule has 6 heteroatoms. The van der Waals surface area contributed by atoms with E-state index in [4.69, 9.17) is 17.5 Å². The molecule has 0 saturated carbocycles. The molecule has 0 unspecified atom stereocenters. The summed E-state index contributed by atoms with van der Waals surface area (Å²) in [5, 5.41) is 9.49. The number of anilines is 2. The highest BCUT2D eigenvalue weighted by atomic mass is 32.1. The Bertz CT molecular complexity index is 929. The Labute approximate surface area is 152 Å². The molecule has 126 valence electrons. The van der Waals surface area contributed by atoms with Crippen molar-refractivity contribution in [3.05, 3.63) is 53.2 Å². The Balaban J connectivity index is 2.09. The molecule has 0 bridgehead atoms. The summed E-state index contributed by atoms with van der Waals surface area (Å²) in [6.45, 7) is 7.49. The van der Waals surface area contributed by atoms with Crippen LogP contribution < -0.4 is 9.80 Å². The van der Waals surface area contributed by atoms with E-state index in [1.165, 1.54) is 4.90 Å². The third-order valence-corrected chi connectivity index (χ3v) is 4.75. The van der Waals surface area contributed by atoms with Crippen molar-refractivity contribution < 1.29 is 4.79 Å². The van der Waals surface area contributed by atoms with Crippen molar-refractivity contribution in [1.82, 2.24) is 4.98 Å². The maximum Gasteiger partial charge on any atom is 0.259 e. The summed E-state index contributed by atoms with van der Waals surface area (Å²) >= 11 is 5.63. The molecule has 1 saturated heterocycles. The fourth-order valence-corrected chi connectivity index (χ4v) is 3.47. The van der Waals surface area contributed by atoms with Crippen LogP contribution in [0.2, 0.25) is 0 Å². The van der Waals surface area contributed by atoms with Crippen molar-refractivity contribution in [1.29, 1.82) is 5.26 Å². The van der Waals surface area contributed by atoms with E-state index in [1.54, 1.807) is 23.2 Å². The number of rotatable bonds is 2. The highest BCUT2D eigenvalue weighted by Crippen LogP contribution is 2.36. The molecule has 1 aliphatic rings. The lowest BCUT2D eigenvalue weighted by molar-refractivity contribution is -0.120. The molecule has 1 aliphatic heterocycles. The number of nitriles is 1. The quantitative estimate of drug-likeness (QED) is 0.776. The van der Waals surface area contributed by atoms with Gasteiger partial charge in [0.2, 0.25) is 0 Å². The number of carbonyl (C=O) groups excluding carboxylic acids is 1. The molecule has 1 aromatic heterocycles. The second-order valence-electron chi connectivity index (χ2n) is 6.62. The molecule has 1 fully saturated rings. The Morgan fingerprint density at radius 1 is 1.20 bits per heavy atom. The van der Waals surface area contributed by atoms with E-state index in [9.17, 15) is 4.79 Å². The highest BCUT2D eigenvalue weighted by Gasteiger charge is 2.50. The van der Waals surface area contributed by atoms with Crippen LogP contribution in [0.1, 0.15) is 30.5 Å². The molecule has 1 aromatic carbocycles. The summed E-state index contributed by atoms with van der Waals surface area (Å²) in [7, 11) is 0. The lowest BCUT2D eigenvalue weighted by atomic mass is 10.0. The average molecular weight is 350 g/mol. The lowest BCUT2D eigenvalue weighted by Crippen LogP contribution is -2.44. The molecule has 0 radical (unpaired) electrons. The summed E-state index contributed by atoms with van der Waals surface area (Å²) in [5.41, 5.74) is 2.25. The van der Waals surface area contributed by atoms with Gasteiger partial charge < -0.3 is 0 Å². The first kappa shape index (κ1) is 17.1. The summed E-state index contributed by atoms with van der Waals surface area (Å²) < 4.78 is 0. The van der Waals surface area contributed by atoms with Crippen LogP contribution in [0.25, 0.3) is 0 Å². The van der Waals surface area contributed by atoms with Crippen molar-refractivity contribution in [3.63, 3.8) is 0 Å². The van der Waals surface area contributed by atoms with E-state index in [-0.39, 0.29) is 5.91 Å². The monoisotopic (exact) mass is 350 g/mol. The van der Waals surface area contributed by atoms with Gasteiger partial charge in [0, 0.05) is 6.20 Å². The molecular weight excluding hydrogens is 332 g/mol. The van der Waals surface area contributed by atoms with Crippen LogP contribution in [0.5, 0.6) is 0 Å². The van der Waals surface area contributed by atoms with Gasteiger partial charge in [0.1, 0.15) is 11.4 Å². The molecular formula is C19H18N4OS.